The van der Waals surface area contributed by atoms with Gasteiger partial charge < -0.3 is 11.1 Å². The lowest BCUT2D eigenvalue weighted by molar-refractivity contribution is -0.120. The van der Waals surface area contributed by atoms with Gasteiger partial charge in [-0.1, -0.05) is 6.92 Å². The van der Waals surface area contributed by atoms with E-state index in [2.05, 4.69) is 19.2 Å². The molecule has 1 rings (SSSR count). The Morgan fingerprint density at radius 3 is 2.58 bits per heavy atom. The molecule has 0 spiro atoms. The molecule has 0 saturated heterocycles. The monoisotopic (exact) mass is 170 g/mol. The molecule has 2 unspecified atom stereocenters. The third-order valence-electron chi connectivity index (χ3n) is 2.48. The molecule has 3 heteroatoms. The second-order valence-electron chi connectivity index (χ2n) is 3.69. The van der Waals surface area contributed by atoms with E-state index in [9.17, 15) is 4.79 Å². The van der Waals surface area contributed by atoms with Crippen molar-refractivity contribution in [1.82, 2.24) is 5.32 Å². The molecule has 1 aliphatic carbocycles. The third-order valence-corrected chi connectivity index (χ3v) is 2.48. The molecule has 0 heterocycles. The van der Waals surface area contributed by atoms with Gasteiger partial charge in [-0.3, -0.25) is 4.79 Å². The molecule has 1 amide bonds. The van der Waals surface area contributed by atoms with E-state index in [1.165, 1.54) is 0 Å². The number of carbonyl (C=O) groups is 1. The van der Waals surface area contributed by atoms with E-state index in [1.54, 1.807) is 0 Å². The van der Waals surface area contributed by atoms with Crippen LogP contribution in [0.5, 0.6) is 0 Å². The lowest BCUT2D eigenvalue weighted by Crippen LogP contribution is -2.46. The van der Waals surface area contributed by atoms with Crippen LogP contribution < -0.4 is 11.1 Å². The fraction of sp³-hybridized carbons (Fsp3) is 0.889. The van der Waals surface area contributed by atoms with Crippen molar-refractivity contribution in [3.05, 3.63) is 0 Å². The third kappa shape index (κ3) is 2.48. The Bertz CT molecular complexity index is 166. The van der Waals surface area contributed by atoms with Crippen LogP contribution in [-0.4, -0.2) is 18.0 Å². The second kappa shape index (κ2) is 3.90. The summed E-state index contributed by atoms with van der Waals surface area (Å²) in [6, 6.07) is 0.308. The van der Waals surface area contributed by atoms with Gasteiger partial charge in [-0.25, -0.2) is 0 Å². The fourth-order valence-corrected chi connectivity index (χ4v) is 1.30. The van der Waals surface area contributed by atoms with Gasteiger partial charge in [-0.15, -0.1) is 0 Å². The normalized spacial score (nSPS) is 21.8. The fourth-order valence-electron chi connectivity index (χ4n) is 1.30. The van der Waals surface area contributed by atoms with Crippen molar-refractivity contribution in [2.75, 3.05) is 0 Å². The van der Waals surface area contributed by atoms with Crippen molar-refractivity contribution in [3.63, 3.8) is 0 Å². The Balaban J connectivity index is 2.37. The number of carbonyl (C=O) groups excluding carboxylic acids is 1. The molecule has 3 N–H and O–H groups in total. The molecule has 0 aromatic carbocycles. The number of hydrogen-bond donors (Lipinski definition) is 2. The molecular formula is C9H18N2O. The average Bonchev–Trinajstić information content (AvgIpc) is 2.81. The zero-order valence-electron chi connectivity index (χ0n) is 7.84. The molecule has 3 nitrogen and oxygen atoms in total. The van der Waals surface area contributed by atoms with Crippen LogP contribution >= 0.6 is 0 Å². The summed E-state index contributed by atoms with van der Waals surface area (Å²) in [6.07, 6.45) is 3.34. The van der Waals surface area contributed by atoms with Crippen LogP contribution in [0.15, 0.2) is 0 Å². The molecule has 0 bridgehead atoms. The maximum atomic E-state index is 11.0. The first-order chi connectivity index (χ1) is 5.65. The summed E-state index contributed by atoms with van der Waals surface area (Å²) < 4.78 is 0. The number of hydrogen-bond acceptors (Lipinski definition) is 2. The lowest BCUT2D eigenvalue weighted by Gasteiger charge is -2.19. The van der Waals surface area contributed by atoms with Gasteiger partial charge in [-0.2, -0.15) is 0 Å². The van der Waals surface area contributed by atoms with Crippen molar-refractivity contribution < 1.29 is 4.79 Å². The molecule has 0 aliphatic heterocycles. The standard InChI is InChI=1S/C9H18N2O/c1-3-6(2)11-8(9(10)12)7-4-5-7/h6-8,11H,3-5H2,1-2H3,(H2,10,12). The summed E-state index contributed by atoms with van der Waals surface area (Å²) in [5.74, 6) is 0.314. The lowest BCUT2D eigenvalue weighted by atomic mass is 10.1. The minimum absolute atomic E-state index is 0.0834. The highest BCUT2D eigenvalue weighted by atomic mass is 16.1. The van der Waals surface area contributed by atoms with E-state index in [-0.39, 0.29) is 11.9 Å². The topological polar surface area (TPSA) is 55.1 Å². The largest absolute Gasteiger partial charge is 0.368 e. The minimum atomic E-state index is -0.196. The molecular weight excluding hydrogens is 152 g/mol. The van der Waals surface area contributed by atoms with Gasteiger partial charge in [-0.05, 0) is 32.1 Å². The van der Waals surface area contributed by atoms with Gasteiger partial charge in [0.1, 0.15) is 0 Å². The minimum Gasteiger partial charge on any atom is -0.368 e. The predicted molar refractivity (Wildman–Crippen MR) is 48.6 cm³/mol. The van der Waals surface area contributed by atoms with Gasteiger partial charge in [0.2, 0.25) is 5.91 Å². The molecule has 0 aromatic heterocycles. The van der Waals surface area contributed by atoms with Crippen LogP contribution in [0.3, 0.4) is 0 Å². The Morgan fingerprint density at radius 2 is 2.25 bits per heavy atom. The maximum Gasteiger partial charge on any atom is 0.234 e. The zero-order valence-corrected chi connectivity index (χ0v) is 7.84. The van der Waals surface area contributed by atoms with Crippen molar-refractivity contribution in [1.29, 1.82) is 0 Å². The van der Waals surface area contributed by atoms with E-state index in [1.807, 2.05) is 0 Å². The van der Waals surface area contributed by atoms with Crippen molar-refractivity contribution >= 4 is 5.91 Å². The number of amides is 1. The van der Waals surface area contributed by atoms with Gasteiger partial charge in [0.25, 0.3) is 0 Å². The SMILES string of the molecule is CCC(C)NC(C(N)=O)C1CC1. The number of nitrogens with one attached hydrogen (secondary N) is 1. The molecule has 0 radical (unpaired) electrons. The highest BCUT2D eigenvalue weighted by molar-refractivity contribution is 5.80. The maximum absolute atomic E-state index is 11.0. The van der Waals surface area contributed by atoms with Crippen LogP contribution in [0.2, 0.25) is 0 Å². The summed E-state index contributed by atoms with van der Waals surface area (Å²) in [4.78, 5) is 11.0. The van der Waals surface area contributed by atoms with E-state index in [4.69, 9.17) is 5.73 Å². The number of primary amides is 1. The van der Waals surface area contributed by atoms with E-state index in [0.29, 0.717) is 12.0 Å². The first-order valence-corrected chi connectivity index (χ1v) is 4.70. The van der Waals surface area contributed by atoms with Crippen LogP contribution in [0.25, 0.3) is 0 Å². The van der Waals surface area contributed by atoms with E-state index < -0.39 is 0 Å². The Hall–Kier alpha value is -0.570. The Morgan fingerprint density at radius 1 is 1.67 bits per heavy atom. The Kier molecular flexibility index (Phi) is 3.09. The molecule has 70 valence electrons. The molecule has 1 aliphatic rings. The smallest absolute Gasteiger partial charge is 0.234 e. The van der Waals surface area contributed by atoms with E-state index >= 15 is 0 Å². The van der Waals surface area contributed by atoms with Gasteiger partial charge >= 0.3 is 0 Å². The van der Waals surface area contributed by atoms with Crippen molar-refractivity contribution in [3.8, 4) is 0 Å². The van der Waals surface area contributed by atoms with Gasteiger partial charge in [0, 0.05) is 6.04 Å². The van der Waals surface area contributed by atoms with E-state index in [0.717, 1.165) is 19.3 Å². The summed E-state index contributed by atoms with van der Waals surface area (Å²) in [7, 11) is 0. The molecule has 12 heavy (non-hydrogen) atoms. The van der Waals surface area contributed by atoms with Crippen molar-refractivity contribution in [2.45, 2.75) is 45.2 Å². The van der Waals surface area contributed by atoms with Gasteiger partial charge in [0.15, 0.2) is 0 Å². The zero-order chi connectivity index (χ0) is 9.14. The Labute approximate surface area is 73.7 Å². The highest BCUT2D eigenvalue weighted by Crippen LogP contribution is 2.32. The molecule has 0 aromatic rings. The predicted octanol–water partition coefficient (Wildman–Crippen LogP) is 0.638. The highest BCUT2D eigenvalue weighted by Gasteiger charge is 2.35. The summed E-state index contributed by atoms with van der Waals surface area (Å²) in [6.45, 7) is 4.18. The first-order valence-electron chi connectivity index (χ1n) is 4.70. The number of rotatable bonds is 5. The van der Waals surface area contributed by atoms with Crippen LogP contribution in [-0.2, 0) is 4.79 Å². The average molecular weight is 170 g/mol. The summed E-state index contributed by atoms with van der Waals surface area (Å²) in [5, 5.41) is 3.25. The van der Waals surface area contributed by atoms with Crippen molar-refractivity contribution in [2.24, 2.45) is 11.7 Å². The molecule has 2 atom stereocenters. The molecule has 1 fully saturated rings. The second-order valence-corrected chi connectivity index (χ2v) is 3.69. The van der Waals surface area contributed by atoms with Gasteiger partial charge in [0.05, 0.1) is 6.04 Å². The first kappa shape index (κ1) is 9.52. The molecule has 1 saturated carbocycles. The number of nitrogens with two attached hydrogens (primary N) is 1. The quantitative estimate of drug-likeness (QED) is 0.636. The van der Waals surface area contributed by atoms with Crippen LogP contribution in [0, 0.1) is 5.92 Å². The van der Waals surface area contributed by atoms with Crippen LogP contribution in [0.1, 0.15) is 33.1 Å². The summed E-state index contributed by atoms with van der Waals surface area (Å²) >= 11 is 0. The van der Waals surface area contributed by atoms with Crippen LogP contribution in [0.4, 0.5) is 0 Å². The summed E-state index contributed by atoms with van der Waals surface area (Å²) in [5.41, 5.74) is 5.28.